The van der Waals surface area contributed by atoms with Gasteiger partial charge in [-0.2, -0.15) is 13.2 Å². The molecule has 1 N–H and O–H groups in total. The molecule has 2 aromatic carbocycles. The average molecular weight is 503 g/mol. The number of halogens is 5. The largest absolute Gasteiger partial charge is 0.389 e. The Balaban J connectivity index is 1.93. The van der Waals surface area contributed by atoms with E-state index in [0.717, 1.165) is 29.4 Å². The number of piperidine rings is 1. The van der Waals surface area contributed by atoms with Crippen molar-refractivity contribution in [3.05, 3.63) is 59.2 Å². The van der Waals surface area contributed by atoms with Crippen LogP contribution in [0.4, 0.5) is 27.6 Å². The van der Waals surface area contributed by atoms with Crippen LogP contribution in [0.25, 0.3) is 0 Å². The molecule has 0 radical (unpaired) electrons. The molecular weight excluding hydrogens is 479 g/mol. The summed E-state index contributed by atoms with van der Waals surface area (Å²) in [6, 6.07) is 5.84. The van der Waals surface area contributed by atoms with Crippen LogP contribution in [0, 0.1) is 11.6 Å². The van der Waals surface area contributed by atoms with E-state index in [1.807, 2.05) is 0 Å². The summed E-state index contributed by atoms with van der Waals surface area (Å²) in [7, 11) is -3.66. The van der Waals surface area contributed by atoms with Gasteiger partial charge in [-0.1, -0.05) is 6.07 Å². The molecular formula is C23H23F5N2O3S. The van der Waals surface area contributed by atoms with Crippen molar-refractivity contribution in [1.82, 2.24) is 5.32 Å². The van der Waals surface area contributed by atoms with Crippen LogP contribution in [-0.4, -0.2) is 45.9 Å². The van der Waals surface area contributed by atoms with Crippen molar-refractivity contribution in [2.75, 3.05) is 24.2 Å². The Labute approximate surface area is 193 Å². The Morgan fingerprint density at radius 2 is 1.74 bits per heavy atom. The topological polar surface area (TPSA) is 66.5 Å². The molecule has 1 amide bonds. The Bertz CT molecular complexity index is 1200. The van der Waals surface area contributed by atoms with E-state index in [0.29, 0.717) is 31.5 Å². The number of amides is 1. The van der Waals surface area contributed by atoms with Crippen molar-refractivity contribution < 1.29 is 35.2 Å². The van der Waals surface area contributed by atoms with E-state index in [1.54, 1.807) is 0 Å². The number of anilines is 1. The van der Waals surface area contributed by atoms with Gasteiger partial charge < -0.3 is 10.2 Å². The Morgan fingerprint density at radius 3 is 2.29 bits per heavy atom. The molecule has 11 heteroatoms. The molecule has 0 aromatic heterocycles. The highest BCUT2D eigenvalue weighted by Crippen LogP contribution is 2.53. The first-order valence-corrected chi connectivity index (χ1v) is 12.6. The molecule has 0 aliphatic carbocycles. The van der Waals surface area contributed by atoms with Crippen LogP contribution < -0.4 is 10.2 Å². The maximum Gasteiger partial charge on any atom is 0.389 e. The zero-order chi connectivity index (χ0) is 24.9. The molecule has 34 heavy (non-hydrogen) atoms. The van der Waals surface area contributed by atoms with Crippen LogP contribution in [0.2, 0.25) is 0 Å². The fourth-order valence-corrected chi connectivity index (χ4v) is 5.85. The maximum atomic E-state index is 14.5. The maximum absolute atomic E-state index is 14.5. The van der Waals surface area contributed by atoms with E-state index >= 15 is 0 Å². The smallest absolute Gasteiger partial charge is 0.317 e. The fourth-order valence-electron chi connectivity index (χ4n) is 5.20. The number of hydrogen-bond donors (Lipinski definition) is 1. The Kier molecular flexibility index (Phi) is 6.22. The molecule has 1 unspecified atom stereocenters. The van der Waals surface area contributed by atoms with Gasteiger partial charge in [-0.15, -0.1) is 0 Å². The summed E-state index contributed by atoms with van der Waals surface area (Å²) in [5.74, 6) is -3.34. The molecule has 2 aliphatic heterocycles. The van der Waals surface area contributed by atoms with E-state index in [-0.39, 0.29) is 10.6 Å². The third-order valence-corrected chi connectivity index (χ3v) is 7.84. The normalized spacial score (nSPS) is 19.9. The van der Waals surface area contributed by atoms with Gasteiger partial charge in [0.1, 0.15) is 17.2 Å². The lowest BCUT2D eigenvalue weighted by Gasteiger charge is -2.42. The third kappa shape index (κ3) is 4.31. The molecule has 0 bridgehead atoms. The molecule has 5 nitrogen and oxygen atoms in total. The monoisotopic (exact) mass is 502 g/mol. The van der Waals surface area contributed by atoms with Gasteiger partial charge in [-0.25, -0.2) is 17.2 Å². The van der Waals surface area contributed by atoms with Crippen molar-refractivity contribution in [3.63, 3.8) is 0 Å². The van der Waals surface area contributed by atoms with E-state index in [4.69, 9.17) is 0 Å². The molecule has 2 aliphatic rings. The predicted octanol–water partition coefficient (Wildman–Crippen LogP) is 4.36. The van der Waals surface area contributed by atoms with Crippen LogP contribution in [0.5, 0.6) is 0 Å². The standard InChI is InChI=1S/C23H23F5N2O3S/c1-34(32,33)14-5-6-18-15(13-14)22(9-11-29-12-10-22)19(7-8-23(26,27)28)30(18)21(31)20-16(24)3-2-4-17(20)25/h2-6,13,19,29H,7-12H2,1H3. The third-order valence-electron chi connectivity index (χ3n) is 6.73. The van der Waals surface area contributed by atoms with Crippen molar-refractivity contribution in [1.29, 1.82) is 0 Å². The summed E-state index contributed by atoms with van der Waals surface area (Å²) in [5.41, 5.74) is -1.27. The summed E-state index contributed by atoms with van der Waals surface area (Å²) in [6.07, 6.45) is -4.54. The Morgan fingerprint density at radius 1 is 1.12 bits per heavy atom. The van der Waals surface area contributed by atoms with Crippen molar-refractivity contribution in [2.45, 2.75) is 48.2 Å². The second-order valence-electron chi connectivity index (χ2n) is 8.80. The lowest BCUT2D eigenvalue weighted by molar-refractivity contribution is -0.137. The fraction of sp³-hybridized carbons (Fsp3) is 0.435. The number of carbonyl (C=O) groups is 1. The van der Waals surface area contributed by atoms with Crippen molar-refractivity contribution in [3.8, 4) is 0 Å². The summed E-state index contributed by atoms with van der Waals surface area (Å²) in [6.45, 7) is 0.863. The second kappa shape index (κ2) is 8.60. The van der Waals surface area contributed by atoms with Crippen LogP contribution in [0.3, 0.4) is 0 Å². The van der Waals surface area contributed by atoms with Gasteiger partial charge in [-0.05, 0) is 68.2 Å². The second-order valence-corrected chi connectivity index (χ2v) is 10.8. The van der Waals surface area contributed by atoms with E-state index in [9.17, 15) is 35.2 Å². The molecule has 1 fully saturated rings. The number of carbonyl (C=O) groups excluding carboxylic acids is 1. The minimum absolute atomic E-state index is 0.0369. The zero-order valence-corrected chi connectivity index (χ0v) is 19.1. The van der Waals surface area contributed by atoms with Crippen molar-refractivity contribution >= 4 is 21.4 Å². The first-order chi connectivity index (χ1) is 15.8. The average Bonchev–Trinajstić information content (AvgIpc) is 3.00. The van der Waals surface area contributed by atoms with E-state index in [2.05, 4.69) is 5.32 Å². The van der Waals surface area contributed by atoms with Gasteiger partial charge in [0.25, 0.3) is 5.91 Å². The highest BCUT2D eigenvalue weighted by molar-refractivity contribution is 7.90. The lowest BCUT2D eigenvalue weighted by atomic mass is 9.68. The van der Waals surface area contributed by atoms with E-state index in [1.165, 1.54) is 18.2 Å². The number of nitrogens with zero attached hydrogens (tertiary/aromatic N) is 1. The van der Waals surface area contributed by atoms with E-state index < -0.39 is 63.4 Å². The molecule has 1 spiro atoms. The lowest BCUT2D eigenvalue weighted by Crippen LogP contribution is -2.52. The number of nitrogens with one attached hydrogen (secondary N) is 1. The number of alkyl halides is 3. The highest BCUT2D eigenvalue weighted by atomic mass is 32.2. The molecule has 2 aromatic rings. The van der Waals surface area contributed by atoms with Crippen LogP contribution in [0.1, 0.15) is 41.6 Å². The molecule has 2 heterocycles. The van der Waals surface area contributed by atoms with Gasteiger partial charge in [0.05, 0.1) is 4.90 Å². The first kappa shape index (κ1) is 24.6. The summed E-state index contributed by atoms with van der Waals surface area (Å²) in [5, 5.41) is 3.13. The van der Waals surface area contributed by atoms with Gasteiger partial charge >= 0.3 is 6.18 Å². The summed E-state index contributed by atoms with van der Waals surface area (Å²) < 4.78 is 93.3. The molecule has 1 atom stereocenters. The SMILES string of the molecule is CS(=O)(=O)c1ccc2c(c1)C1(CCNCC1)C(CCC(F)(F)F)N2C(=O)c1c(F)cccc1F. The summed E-state index contributed by atoms with van der Waals surface area (Å²) in [4.78, 5) is 14.5. The minimum atomic E-state index is -4.52. The number of sulfone groups is 1. The van der Waals surface area contributed by atoms with Crippen LogP contribution in [0.15, 0.2) is 41.3 Å². The Hall–Kier alpha value is -2.53. The number of rotatable bonds is 4. The van der Waals surface area contributed by atoms with Gasteiger partial charge in [0.2, 0.25) is 0 Å². The predicted molar refractivity (Wildman–Crippen MR) is 116 cm³/mol. The van der Waals surface area contributed by atoms with Gasteiger partial charge in [0, 0.05) is 29.8 Å². The summed E-state index contributed by atoms with van der Waals surface area (Å²) >= 11 is 0. The number of fused-ring (bicyclic) bond motifs is 2. The zero-order valence-electron chi connectivity index (χ0n) is 18.3. The molecule has 184 valence electrons. The van der Waals surface area contributed by atoms with Crippen LogP contribution in [-0.2, 0) is 15.3 Å². The van der Waals surface area contributed by atoms with Gasteiger partial charge in [0.15, 0.2) is 9.84 Å². The number of hydrogen-bond acceptors (Lipinski definition) is 4. The quantitative estimate of drug-likeness (QED) is 0.631. The molecule has 1 saturated heterocycles. The molecule has 0 saturated carbocycles. The first-order valence-electron chi connectivity index (χ1n) is 10.7. The minimum Gasteiger partial charge on any atom is -0.317 e. The van der Waals surface area contributed by atoms with Gasteiger partial charge in [-0.3, -0.25) is 4.79 Å². The highest BCUT2D eigenvalue weighted by Gasteiger charge is 2.54. The molecule has 4 rings (SSSR count). The number of benzene rings is 2. The van der Waals surface area contributed by atoms with Crippen molar-refractivity contribution in [2.24, 2.45) is 0 Å². The van der Waals surface area contributed by atoms with Crippen LogP contribution >= 0.6 is 0 Å².